The summed E-state index contributed by atoms with van der Waals surface area (Å²) in [7, 11) is 1.36. The van der Waals surface area contributed by atoms with Gasteiger partial charge in [0.1, 0.15) is 0 Å². The number of carbonyl (C=O) groups excluding carboxylic acids is 2. The zero-order valence-corrected chi connectivity index (χ0v) is 15.3. The van der Waals surface area contributed by atoms with Gasteiger partial charge >= 0.3 is 5.97 Å². The summed E-state index contributed by atoms with van der Waals surface area (Å²) >= 11 is 5.88. The minimum Gasteiger partial charge on any atom is -0.469 e. The molecule has 6 nitrogen and oxygen atoms in total. The SMILES string of the molecule is COC(=O)CCN(CCN1CCOCC1)C(=O)Cc1ccc(Cl)cc1. The van der Waals surface area contributed by atoms with Crippen LogP contribution < -0.4 is 0 Å². The van der Waals surface area contributed by atoms with Crippen LogP contribution in [0.15, 0.2) is 24.3 Å². The molecule has 25 heavy (non-hydrogen) atoms. The summed E-state index contributed by atoms with van der Waals surface area (Å²) in [5, 5.41) is 0.645. The van der Waals surface area contributed by atoms with Gasteiger partial charge in [-0.25, -0.2) is 0 Å². The summed E-state index contributed by atoms with van der Waals surface area (Å²) in [5.74, 6) is -0.310. The highest BCUT2D eigenvalue weighted by molar-refractivity contribution is 6.30. The first-order valence-electron chi connectivity index (χ1n) is 8.47. The molecule has 0 saturated carbocycles. The van der Waals surface area contributed by atoms with E-state index in [9.17, 15) is 9.59 Å². The van der Waals surface area contributed by atoms with E-state index in [0.717, 1.165) is 38.4 Å². The van der Waals surface area contributed by atoms with Crippen LogP contribution in [0.1, 0.15) is 12.0 Å². The van der Waals surface area contributed by atoms with Gasteiger partial charge in [0.2, 0.25) is 5.91 Å². The van der Waals surface area contributed by atoms with E-state index in [2.05, 4.69) is 9.64 Å². The van der Waals surface area contributed by atoms with Crippen LogP contribution in [0.4, 0.5) is 0 Å². The molecule has 2 rings (SSSR count). The summed E-state index contributed by atoms with van der Waals surface area (Å²) in [5.41, 5.74) is 0.906. The van der Waals surface area contributed by atoms with Gasteiger partial charge in [-0.05, 0) is 17.7 Å². The normalized spacial score (nSPS) is 15.0. The number of ether oxygens (including phenoxy) is 2. The zero-order valence-electron chi connectivity index (χ0n) is 14.6. The first-order valence-corrected chi connectivity index (χ1v) is 8.85. The average molecular weight is 369 g/mol. The summed E-state index contributed by atoms with van der Waals surface area (Å²) in [6.07, 6.45) is 0.493. The topological polar surface area (TPSA) is 59.1 Å². The van der Waals surface area contributed by atoms with Crippen molar-refractivity contribution < 1.29 is 19.1 Å². The maximum Gasteiger partial charge on any atom is 0.307 e. The van der Waals surface area contributed by atoms with E-state index in [1.807, 2.05) is 12.1 Å². The van der Waals surface area contributed by atoms with Crippen LogP contribution in [0.25, 0.3) is 0 Å². The highest BCUT2D eigenvalue weighted by atomic mass is 35.5. The molecule has 138 valence electrons. The van der Waals surface area contributed by atoms with E-state index in [0.29, 0.717) is 24.5 Å². The molecule has 0 bridgehead atoms. The second-order valence-corrected chi connectivity index (χ2v) is 6.40. The van der Waals surface area contributed by atoms with Gasteiger partial charge in [-0.3, -0.25) is 14.5 Å². The van der Waals surface area contributed by atoms with Crippen LogP contribution in [0, 0.1) is 0 Å². The maximum atomic E-state index is 12.7. The Morgan fingerprint density at radius 1 is 1.20 bits per heavy atom. The smallest absolute Gasteiger partial charge is 0.307 e. The number of hydrogen-bond donors (Lipinski definition) is 0. The molecule has 0 N–H and O–H groups in total. The molecule has 0 atom stereocenters. The number of amides is 1. The molecule has 0 radical (unpaired) electrons. The molecule has 0 unspecified atom stereocenters. The third-order valence-electron chi connectivity index (χ3n) is 4.22. The molecule has 1 saturated heterocycles. The largest absolute Gasteiger partial charge is 0.469 e. The van der Waals surface area contributed by atoms with Gasteiger partial charge in [0.25, 0.3) is 0 Å². The lowest BCUT2D eigenvalue weighted by molar-refractivity contribution is -0.141. The predicted molar refractivity (Wildman–Crippen MR) is 95.6 cm³/mol. The van der Waals surface area contributed by atoms with E-state index in [-0.39, 0.29) is 18.3 Å². The lowest BCUT2D eigenvalue weighted by Crippen LogP contribution is -2.44. The fraction of sp³-hybridized carbons (Fsp3) is 0.556. The number of nitrogens with zero attached hydrogens (tertiary/aromatic N) is 2. The molecule has 0 aromatic heterocycles. The van der Waals surface area contributed by atoms with E-state index in [4.69, 9.17) is 16.3 Å². The van der Waals surface area contributed by atoms with E-state index in [1.54, 1.807) is 17.0 Å². The lowest BCUT2D eigenvalue weighted by atomic mass is 10.1. The molecular weight excluding hydrogens is 344 g/mol. The number of methoxy groups -OCH3 is 1. The second kappa shape index (κ2) is 10.4. The molecule has 1 aromatic rings. The highest BCUT2D eigenvalue weighted by Gasteiger charge is 2.18. The van der Waals surface area contributed by atoms with E-state index < -0.39 is 0 Å². The van der Waals surface area contributed by atoms with Crippen molar-refractivity contribution in [1.29, 1.82) is 0 Å². The fourth-order valence-corrected chi connectivity index (χ4v) is 2.79. The highest BCUT2D eigenvalue weighted by Crippen LogP contribution is 2.11. The van der Waals surface area contributed by atoms with Crippen LogP contribution in [0.3, 0.4) is 0 Å². The lowest BCUT2D eigenvalue weighted by Gasteiger charge is -2.30. The Kier molecular flexibility index (Phi) is 8.18. The Hall–Kier alpha value is -1.63. The summed E-state index contributed by atoms with van der Waals surface area (Å²) in [6, 6.07) is 7.24. The minimum absolute atomic E-state index is 0.000477. The fourth-order valence-electron chi connectivity index (χ4n) is 2.67. The van der Waals surface area contributed by atoms with Crippen LogP contribution in [0.5, 0.6) is 0 Å². The van der Waals surface area contributed by atoms with Crippen molar-refractivity contribution in [3.63, 3.8) is 0 Å². The van der Waals surface area contributed by atoms with Gasteiger partial charge in [-0.2, -0.15) is 0 Å². The summed E-state index contributed by atoms with van der Waals surface area (Å²) in [4.78, 5) is 28.1. The van der Waals surface area contributed by atoms with Crippen LogP contribution in [-0.2, 0) is 25.5 Å². The molecule has 1 amide bonds. The van der Waals surface area contributed by atoms with Gasteiger partial charge in [-0.1, -0.05) is 23.7 Å². The Morgan fingerprint density at radius 2 is 1.88 bits per heavy atom. The van der Waals surface area contributed by atoms with Crippen LogP contribution >= 0.6 is 11.6 Å². The van der Waals surface area contributed by atoms with Crippen LogP contribution in [-0.4, -0.2) is 74.7 Å². The van der Waals surface area contributed by atoms with Crippen LogP contribution in [0.2, 0.25) is 5.02 Å². The molecule has 1 fully saturated rings. The maximum absolute atomic E-state index is 12.7. The van der Waals surface area contributed by atoms with Crippen molar-refractivity contribution in [2.45, 2.75) is 12.8 Å². The summed E-state index contributed by atoms with van der Waals surface area (Å²) < 4.78 is 10.0. The quantitative estimate of drug-likeness (QED) is 0.652. The minimum atomic E-state index is -0.310. The molecular formula is C18H25ClN2O4. The molecule has 0 aliphatic carbocycles. The molecule has 1 aromatic carbocycles. The summed E-state index contributed by atoms with van der Waals surface area (Å²) in [6.45, 7) is 4.91. The Bertz CT molecular complexity index is 559. The number of carbonyl (C=O) groups is 2. The van der Waals surface area contributed by atoms with Gasteiger partial charge in [-0.15, -0.1) is 0 Å². The zero-order chi connectivity index (χ0) is 18.1. The standard InChI is InChI=1S/C18H25ClN2O4/c1-24-18(23)6-7-21(9-8-20-10-12-25-13-11-20)17(22)14-15-2-4-16(19)5-3-15/h2-5H,6-14H2,1H3. The first kappa shape index (κ1) is 19.7. The third kappa shape index (κ3) is 7.02. The van der Waals surface area contributed by atoms with Crippen molar-refractivity contribution in [2.75, 3.05) is 53.0 Å². The second-order valence-electron chi connectivity index (χ2n) is 5.96. The Labute approximate surface area is 153 Å². The number of esters is 1. The van der Waals surface area contributed by atoms with Gasteiger partial charge in [0.05, 0.1) is 33.2 Å². The van der Waals surface area contributed by atoms with Gasteiger partial charge in [0, 0.05) is 37.7 Å². The molecule has 1 aliphatic rings. The Balaban J connectivity index is 1.92. The number of hydrogen-bond acceptors (Lipinski definition) is 5. The van der Waals surface area contributed by atoms with Gasteiger partial charge < -0.3 is 14.4 Å². The number of morpholine rings is 1. The van der Waals surface area contributed by atoms with E-state index in [1.165, 1.54) is 7.11 Å². The van der Waals surface area contributed by atoms with Crippen molar-refractivity contribution in [3.05, 3.63) is 34.9 Å². The number of rotatable bonds is 8. The van der Waals surface area contributed by atoms with Crippen molar-refractivity contribution in [2.24, 2.45) is 0 Å². The van der Waals surface area contributed by atoms with Crippen molar-refractivity contribution in [3.8, 4) is 0 Å². The number of halogens is 1. The first-order chi connectivity index (χ1) is 12.1. The Morgan fingerprint density at radius 3 is 2.52 bits per heavy atom. The molecule has 1 aliphatic heterocycles. The van der Waals surface area contributed by atoms with E-state index >= 15 is 0 Å². The third-order valence-corrected chi connectivity index (χ3v) is 4.48. The number of benzene rings is 1. The van der Waals surface area contributed by atoms with Crippen molar-refractivity contribution in [1.82, 2.24) is 9.80 Å². The predicted octanol–water partition coefficient (Wildman–Crippen LogP) is 1.61. The average Bonchev–Trinajstić information content (AvgIpc) is 2.64. The molecule has 0 spiro atoms. The molecule has 1 heterocycles. The monoisotopic (exact) mass is 368 g/mol. The van der Waals surface area contributed by atoms with Crippen molar-refractivity contribution >= 4 is 23.5 Å². The molecule has 7 heteroatoms. The van der Waals surface area contributed by atoms with Gasteiger partial charge in [0.15, 0.2) is 0 Å².